The minimum atomic E-state index is -0.419. The van der Waals surface area contributed by atoms with Gasteiger partial charge in [-0.3, -0.25) is 4.79 Å². The Labute approximate surface area is 122 Å². The fraction of sp³-hybridized carbons (Fsp3) is 0.933. The number of carbonyl (C=O) groups excluding carboxylic acids is 1. The molecule has 1 rings (SSSR count). The van der Waals surface area contributed by atoms with E-state index in [1.807, 2.05) is 0 Å². The van der Waals surface area contributed by atoms with Gasteiger partial charge in [-0.25, -0.2) is 0 Å². The molecule has 2 N–H and O–H groups in total. The van der Waals surface area contributed by atoms with Crippen molar-refractivity contribution in [1.82, 2.24) is 10.2 Å². The lowest BCUT2D eigenvalue weighted by atomic mass is 10.0. The number of aliphatic hydroxyl groups is 1. The van der Waals surface area contributed by atoms with E-state index < -0.39 is 6.10 Å². The summed E-state index contributed by atoms with van der Waals surface area (Å²) in [7, 11) is 1.60. The lowest BCUT2D eigenvalue weighted by Crippen LogP contribution is -2.47. The largest absolute Gasteiger partial charge is 0.389 e. The molecule has 1 aliphatic rings. The number of nitrogens with zero attached hydrogens (tertiary/aromatic N) is 1. The number of piperidine rings is 1. The first kappa shape index (κ1) is 17.4. The summed E-state index contributed by atoms with van der Waals surface area (Å²) in [6.45, 7) is 7.16. The van der Waals surface area contributed by atoms with Crippen molar-refractivity contribution in [2.75, 3.05) is 33.4 Å². The molecule has 0 spiro atoms. The maximum atomic E-state index is 11.8. The Morgan fingerprint density at radius 2 is 2.05 bits per heavy atom. The predicted molar refractivity (Wildman–Crippen MR) is 79.6 cm³/mol. The summed E-state index contributed by atoms with van der Waals surface area (Å²) < 4.78 is 4.93. The topological polar surface area (TPSA) is 61.8 Å². The van der Waals surface area contributed by atoms with Gasteiger partial charge in [0.25, 0.3) is 0 Å². The normalized spacial score (nSPS) is 19.2. The lowest BCUT2D eigenvalue weighted by molar-refractivity contribution is -0.122. The molecule has 1 atom stereocenters. The number of aliphatic hydroxyl groups excluding tert-OH is 1. The summed E-state index contributed by atoms with van der Waals surface area (Å²) in [4.78, 5) is 14.0. The molecule has 0 radical (unpaired) electrons. The molecule has 5 nitrogen and oxygen atoms in total. The zero-order valence-corrected chi connectivity index (χ0v) is 13.1. The molecule has 1 fully saturated rings. The van der Waals surface area contributed by atoms with E-state index in [9.17, 15) is 9.90 Å². The highest BCUT2D eigenvalue weighted by Gasteiger charge is 2.22. The molecule has 20 heavy (non-hydrogen) atoms. The van der Waals surface area contributed by atoms with Gasteiger partial charge in [-0.05, 0) is 25.2 Å². The van der Waals surface area contributed by atoms with Crippen LogP contribution in [-0.2, 0) is 9.53 Å². The Kier molecular flexibility index (Phi) is 8.11. The van der Waals surface area contributed by atoms with E-state index in [2.05, 4.69) is 24.1 Å². The monoisotopic (exact) mass is 286 g/mol. The van der Waals surface area contributed by atoms with E-state index in [1.54, 1.807) is 7.11 Å². The molecule has 0 aromatic heterocycles. The van der Waals surface area contributed by atoms with E-state index in [0.29, 0.717) is 31.5 Å². The smallest absolute Gasteiger partial charge is 0.220 e. The molecule has 5 heteroatoms. The molecule has 1 amide bonds. The molecule has 1 saturated heterocycles. The Morgan fingerprint density at radius 3 is 2.60 bits per heavy atom. The second-order valence-electron chi connectivity index (χ2n) is 6.18. The number of rotatable bonds is 8. The number of hydrogen-bond donors (Lipinski definition) is 2. The Hall–Kier alpha value is -0.650. The zero-order valence-electron chi connectivity index (χ0n) is 13.1. The summed E-state index contributed by atoms with van der Waals surface area (Å²) in [5, 5.41) is 12.8. The predicted octanol–water partition coefficient (Wildman–Crippen LogP) is 1.01. The SMILES string of the molecule is COCC(O)CN1CCC(NC(=O)CCC(C)C)CC1. The van der Waals surface area contributed by atoms with Crippen molar-refractivity contribution in [3.05, 3.63) is 0 Å². The van der Waals surface area contributed by atoms with Crippen LogP contribution in [0.3, 0.4) is 0 Å². The fourth-order valence-corrected chi connectivity index (χ4v) is 2.52. The van der Waals surface area contributed by atoms with Crippen LogP contribution in [-0.4, -0.2) is 61.4 Å². The fourth-order valence-electron chi connectivity index (χ4n) is 2.52. The van der Waals surface area contributed by atoms with Gasteiger partial charge in [0, 0.05) is 39.2 Å². The first-order valence-electron chi connectivity index (χ1n) is 7.70. The third-order valence-electron chi connectivity index (χ3n) is 3.73. The number of likely N-dealkylation sites (tertiary alicyclic amines) is 1. The Morgan fingerprint density at radius 1 is 1.40 bits per heavy atom. The van der Waals surface area contributed by atoms with Gasteiger partial charge in [0.05, 0.1) is 12.7 Å². The van der Waals surface area contributed by atoms with Crippen LogP contribution in [0.5, 0.6) is 0 Å². The van der Waals surface area contributed by atoms with Crippen LogP contribution in [0.1, 0.15) is 39.5 Å². The van der Waals surface area contributed by atoms with E-state index in [1.165, 1.54) is 0 Å². The molecule has 1 heterocycles. The summed E-state index contributed by atoms with van der Waals surface area (Å²) in [5.41, 5.74) is 0. The maximum absolute atomic E-state index is 11.8. The summed E-state index contributed by atoms with van der Waals surface area (Å²) in [6, 6.07) is 0.297. The highest BCUT2D eigenvalue weighted by atomic mass is 16.5. The van der Waals surface area contributed by atoms with E-state index in [-0.39, 0.29) is 5.91 Å². The van der Waals surface area contributed by atoms with Crippen molar-refractivity contribution < 1.29 is 14.6 Å². The molecular weight excluding hydrogens is 256 g/mol. The van der Waals surface area contributed by atoms with Crippen molar-refractivity contribution in [2.45, 2.75) is 51.7 Å². The number of β-amino-alcohol motifs (C(OH)–C–C–N with tert-alkyl or cyclic N) is 1. The van der Waals surface area contributed by atoms with Crippen molar-refractivity contribution in [3.63, 3.8) is 0 Å². The molecule has 118 valence electrons. The maximum Gasteiger partial charge on any atom is 0.220 e. The number of nitrogens with one attached hydrogen (secondary N) is 1. The van der Waals surface area contributed by atoms with E-state index >= 15 is 0 Å². The lowest BCUT2D eigenvalue weighted by Gasteiger charge is -2.33. The Bertz CT molecular complexity index is 276. The van der Waals surface area contributed by atoms with Gasteiger partial charge in [-0.15, -0.1) is 0 Å². The average Bonchev–Trinajstić information content (AvgIpc) is 2.39. The van der Waals surface area contributed by atoms with Gasteiger partial charge < -0.3 is 20.1 Å². The van der Waals surface area contributed by atoms with Gasteiger partial charge >= 0.3 is 0 Å². The quantitative estimate of drug-likeness (QED) is 0.699. The average molecular weight is 286 g/mol. The highest BCUT2D eigenvalue weighted by molar-refractivity contribution is 5.76. The number of amides is 1. The van der Waals surface area contributed by atoms with Gasteiger partial charge in [-0.1, -0.05) is 13.8 Å². The van der Waals surface area contributed by atoms with Gasteiger partial charge in [0.1, 0.15) is 0 Å². The summed E-state index contributed by atoms with van der Waals surface area (Å²) in [5.74, 6) is 0.751. The molecule has 0 aliphatic carbocycles. The van der Waals surface area contributed by atoms with Gasteiger partial charge in [0.15, 0.2) is 0 Å². The van der Waals surface area contributed by atoms with Crippen LogP contribution in [0, 0.1) is 5.92 Å². The second-order valence-corrected chi connectivity index (χ2v) is 6.18. The van der Waals surface area contributed by atoms with Crippen LogP contribution >= 0.6 is 0 Å². The first-order chi connectivity index (χ1) is 9.51. The third-order valence-corrected chi connectivity index (χ3v) is 3.73. The molecule has 0 aromatic rings. The molecule has 0 bridgehead atoms. The summed E-state index contributed by atoms with van der Waals surface area (Å²) >= 11 is 0. The van der Waals surface area contributed by atoms with Crippen molar-refractivity contribution in [1.29, 1.82) is 0 Å². The van der Waals surface area contributed by atoms with Crippen LogP contribution in [0.25, 0.3) is 0 Å². The third kappa shape index (κ3) is 7.22. The molecule has 1 unspecified atom stereocenters. The van der Waals surface area contributed by atoms with E-state index in [4.69, 9.17) is 4.74 Å². The minimum absolute atomic E-state index is 0.177. The van der Waals surface area contributed by atoms with Crippen LogP contribution in [0.4, 0.5) is 0 Å². The molecular formula is C15H30N2O3. The highest BCUT2D eigenvalue weighted by Crippen LogP contribution is 2.12. The number of hydrogen-bond acceptors (Lipinski definition) is 4. The minimum Gasteiger partial charge on any atom is -0.389 e. The standard InChI is InChI=1S/C15H30N2O3/c1-12(2)4-5-15(19)16-13-6-8-17(9-7-13)10-14(18)11-20-3/h12-14,18H,4-11H2,1-3H3,(H,16,19). The molecule has 0 saturated carbocycles. The second kappa shape index (κ2) is 9.32. The van der Waals surface area contributed by atoms with Crippen LogP contribution in [0.2, 0.25) is 0 Å². The zero-order chi connectivity index (χ0) is 15.0. The number of methoxy groups -OCH3 is 1. The van der Waals surface area contributed by atoms with Crippen molar-refractivity contribution in [2.24, 2.45) is 5.92 Å². The summed E-state index contributed by atoms with van der Waals surface area (Å²) in [6.07, 6.45) is 3.09. The Balaban J connectivity index is 2.17. The van der Waals surface area contributed by atoms with Crippen LogP contribution < -0.4 is 5.32 Å². The number of ether oxygens (including phenoxy) is 1. The van der Waals surface area contributed by atoms with Crippen LogP contribution in [0.15, 0.2) is 0 Å². The van der Waals surface area contributed by atoms with Gasteiger partial charge in [0.2, 0.25) is 5.91 Å². The van der Waals surface area contributed by atoms with Crippen molar-refractivity contribution >= 4 is 5.91 Å². The molecule has 0 aromatic carbocycles. The number of carbonyl (C=O) groups is 1. The van der Waals surface area contributed by atoms with Gasteiger partial charge in [-0.2, -0.15) is 0 Å². The molecule has 1 aliphatic heterocycles. The first-order valence-corrected chi connectivity index (χ1v) is 7.70. The van der Waals surface area contributed by atoms with E-state index in [0.717, 1.165) is 32.4 Å². The van der Waals surface area contributed by atoms with Crippen molar-refractivity contribution in [3.8, 4) is 0 Å².